The van der Waals surface area contributed by atoms with Gasteiger partial charge in [0.2, 0.25) is 21.8 Å². The number of sulfonamides is 1. The summed E-state index contributed by atoms with van der Waals surface area (Å²) in [5.74, 6) is -2.57. The van der Waals surface area contributed by atoms with E-state index in [1.165, 1.54) is 0 Å². The van der Waals surface area contributed by atoms with Gasteiger partial charge in [-0.05, 0) is 70.1 Å². The SMILES string of the molecule is CC(C)C[C@@H](C(=O)NN(CC(C)C)S(=O)(=O)CCCN(C)C)[C@H](C/C=C/c1ccccc1)C(=O)NOC1CCCCO1. The van der Waals surface area contributed by atoms with E-state index < -0.39 is 40.0 Å². The van der Waals surface area contributed by atoms with Crippen molar-refractivity contribution in [1.29, 1.82) is 0 Å². The number of rotatable bonds is 18. The van der Waals surface area contributed by atoms with Crippen molar-refractivity contribution in [2.75, 3.05) is 39.5 Å². The topological polar surface area (TPSA) is 117 Å². The van der Waals surface area contributed by atoms with Gasteiger partial charge in [0.1, 0.15) is 0 Å². The first-order valence-corrected chi connectivity index (χ1v) is 16.7. The van der Waals surface area contributed by atoms with Crippen molar-refractivity contribution in [3.8, 4) is 0 Å². The van der Waals surface area contributed by atoms with E-state index in [1.807, 2.05) is 89.2 Å². The molecule has 10 nitrogen and oxygen atoms in total. The summed E-state index contributed by atoms with van der Waals surface area (Å²) in [6.07, 6.45) is 6.90. The number of hydrogen-bond acceptors (Lipinski definition) is 7. The Labute approximate surface area is 253 Å². The molecule has 11 heteroatoms. The Bertz CT molecular complexity index is 1070. The molecule has 0 radical (unpaired) electrons. The smallest absolute Gasteiger partial charge is 0.247 e. The molecule has 42 heavy (non-hydrogen) atoms. The van der Waals surface area contributed by atoms with Crippen LogP contribution < -0.4 is 10.9 Å². The molecule has 1 saturated heterocycles. The summed E-state index contributed by atoms with van der Waals surface area (Å²) in [6, 6.07) is 9.70. The van der Waals surface area contributed by atoms with Gasteiger partial charge in [-0.2, -0.15) is 0 Å². The first kappa shape index (κ1) is 35.9. The van der Waals surface area contributed by atoms with Gasteiger partial charge in [-0.1, -0.05) is 70.2 Å². The van der Waals surface area contributed by atoms with Gasteiger partial charge >= 0.3 is 0 Å². The van der Waals surface area contributed by atoms with E-state index in [0.717, 1.165) is 22.8 Å². The molecule has 1 aromatic carbocycles. The van der Waals surface area contributed by atoms with Crippen LogP contribution in [0.5, 0.6) is 0 Å². The molecule has 1 unspecified atom stereocenters. The molecule has 1 aromatic rings. The van der Waals surface area contributed by atoms with Crippen LogP contribution in [0.2, 0.25) is 0 Å². The molecule has 2 amide bonds. The number of hydroxylamine groups is 1. The minimum Gasteiger partial charge on any atom is -0.350 e. The number of benzene rings is 1. The van der Waals surface area contributed by atoms with Crippen molar-refractivity contribution in [2.24, 2.45) is 23.7 Å². The summed E-state index contributed by atoms with van der Waals surface area (Å²) in [4.78, 5) is 35.0. The van der Waals surface area contributed by atoms with Crippen molar-refractivity contribution in [2.45, 2.75) is 72.5 Å². The standard InChI is InChI=1S/C31H52N4O6S/c1-24(2)22-28(30(36)32-35(23-25(3)4)42(38,39)21-13-19-34(5)6)27(17-12-16-26-14-8-7-9-15-26)31(37)33-41-29-18-10-11-20-40-29/h7-9,12,14-16,24-25,27-29H,10-11,13,17-23H2,1-6H3,(H,32,36)(H,33,37)/b16-12+/t27-,28+,29?/m0/s1. The van der Waals surface area contributed by atoms with Gasteiger partial charge in [-0.25, -0.2) is 18.7 Å². The largest absolute Gasteiger partial charge is 0.350 e. The first-order chi connectivity index (χ1) is 19.9. The molecule has 0 aromatic heterocycles. The maximum absolute atomic E-state index is 13.9. The second-order valence-corrected chi connectivity index (χ2v) is 14.2. The van der Waals surface area contributed by atoms with Crippen LogP contribution in [0.3, 0.4) is 0 Å². The minimum atomic E-state index is -3.77. The summed E-state index contributed by atoms with van der Waals surface area (Å²) in [7, 11) is -0.000406. The molecule has 0 spiro atoms. The van der Waals surface area contributed by atoms with E-state index in [0.29, 0.717) is 32.4 Å². The van der Waals surface area contributed by atoms with Crippen molar-refractivity contribution < 1.29 is 27.6 Å². The number of amides is 2. The number of hydrazine groups is 1. The lowest BCUT2D eigenvalue weighted by atomic mass is 9.82. The van der Waals surface area contributed by atoms with Gasteiger partial charge in [-0.15, -0.1) is 4.41 Å². The molecule has 1 fully saturated rings. The van der Waals surface area contributed by atoms with E-state index in [1.54, 1.807) is 0 Å². The highest BCUT2D eigenvalue weighted by Crippen LogP contribution is 2.26. The normalized spacial score (nSPS) is 17.7. The summed E-state index contributed by atoms with van der Waals surface area (Å²) >= 11 is 0. The highest BCUT2D eigenvalue weighted by atomic mass is 32.2. The number of carbonyl (C=O) groups excluding carboxylic acids is 2. The van der Waals surface area contributed by atoms with Crippen LogP contribution in [0.4, 0.5) is 0 Å². The monoisotopic (exact) mass is 608 g/mol. The fraction of sp³-hybridized carbons (Fsp3) is 0.677. The Morgan fingerprint density at radius 1 is 1.05 bits per heavy atom. The zero-order valence-electron chi connectivity index (χ0n) is 26.3. The number of ether oxygens (including phenoxy) is 1. The van der Waals surface area contributed by atoms with E-state index >= 15 is 0 Å². The number of nitrogens with zero attached hydrogens (tertiary/aromatic N) is 2. The molecule has 1 aliphatic rings. The zero-order valence-corrected chi connectivity index (χ0v) is 27.1. The lowest BCUT2D eigenvalue weighted by Gasteiger charge is -2.31. The third kappa shape index (κ3) is 13.3. The van der Waals surface area contributed by atoms with Gasteiger partial charge in [0.05, 0.1) is 17.6 Å². The molecule has 0 bridgehead atoms. The number of hydrogen-bond donors (Lipinski definition) is 2. The van der Waals surface area contributed by atoms with Crippen LogP contribution in [0, 0.1) is 23.7 Å². The third-order valence-electron chi connectivity index (χ3n) is 6.92. The second kappa shape index (κ2) is 18.4. The molecule has 238 valence electrons. The fourth-order valence-electron chi connectivity index (χ4n) is 4.77. The third-order valence-corrected chi connectivity index (χ3v) is 8.64. The van der Waals surface area contributed by atoms with Crippen LogP contribution >= 0.6 is 0 Å². The Kier molecular flexibility index (Phi) is 15.7. The van der Waals surface area contributed by atoms with Gasteiger partial charge in [0.15, 0.2) is 6.29 Å². The maximum atomic E-state index is 13.9. The second-order valence-electron chi connectivity index (χ2n) is 12.1. The maximum Gasteiger partial charge on any atom is 0.247 e. The van der Waals surface area contributed by atoms with Crippen LogP contribution in [-0.4, -0.2) is 75.4 Å². The van der Waals surface area contributed by atoms with E-state index in [9.17, 15) is 18.0 Å². The molecule has 1 heterocycles. The molecule has 2 N–H and O–H groups in total. The summed E-state index contributed by atoms with van der Waals surface area (Å²) in [6.45, 7) is 9.06. The number of nitrogens with one attached hydrogen (secondary N) is 2. The predicted octanol–water partition coefficient (Wildman–Crippen LogP) is 4.21. The van der Waals surface area contributed by atoms with Crippen molar-refractivity contribution in [3.63, 3.8) is 0 Å². The molecule has 3 atom stereocenters. The minimum absolute atomic E-state index is 0.0192. The van der Waals surface area contributed by atoms with Crippen LogP contribution in [0.15, 0.2) is 36.4 Å². The van der Waals surface area contributed by atoms with Crippen molar-refractivity contribution >= 4 is 27.9 Å². The summed E-state index contributed by atoms with van der Waals surface area (Å²) in [5, 5.41) is 0. The van der Waals surface area contributed by atoms with Gasteiger partial charge < -0.3 is 9.64 Å². The van der Waals surface area contributed by atoms with E-state index in [2.05, 4.69) is 10.9 Å². The Hall–Kier alpha value is -2.31. The number of carbonyl (C=O) groups is 2. The van der Waals surface area contributed by atoms with Crippen LogP contribution in [0.25, 0.3) is 6.08 Å². The molecule has 2 rings (SSSR count). The highest BCUT2D eigenvalue weighted by molar-refractivity contribution is 7.89. The molecular weight excluding hydrogens is 556 g/mol. The molecular formula is C31H52N4O6S. The molecule has 1 aliphatic heterocycles. The van der Waals surface area contributed by atoms with Gasteiger partial charge in [-0.3, -0.25) is 15.0 Å². The van der Waals surface area contributed by atoms with E-state index in [-0.39, 0.29) is 30.6 Å². The Morgan fingerprint density at radius 3 is 2.36 bits per heavy atom. The number of allylic oxidation sites excluding steroid dienone is 1. The highest BCUT2D eigenvalue weighted by Gasteiger charge is 2.36. The Balaban J connectivity index is 2.31. The van der Waals surface area contributed by atoms with Crippen LogP contribution in [-0.2, 0) is 29.2 Å². The first-order valence-electron chi connectivity index (χ1n) is 15.1. The van der Waals surface area contributed by atoms with Crippen molar-refractivity contribution in [3.05, 3.63) is 42.0 Å². The average Bonchev–Trinajstić information content (AvgIpc) is 2.93. The summed E-state index contributed by atoms with van der Waals surface area (Å²) in [5.41, 5.74) is 6.23. The van der Waals surface area contributed by atoms with Gasteiger partial charge in [0, 0.05) is 19.6 Å². The lowest BCUT2D eigenvalue weighted by molar-refractivity contribution is -0.203. The zero-order chi connectivity index (χ0) is 31.1. The summed E-state index contributed by atoms with van der Waals surface area (Å²) < 4.78 is 33.3. The van der Waals surface area contributed by atoms with E-state index in [4.69, 9.17) is 9.57 Å². The van der Waals surface area contributed by atoms with Crippen molar-refractivity contribution in [1.82, 2.24) is 20.2 Å². The van der Waals surface area contributed by atoms with Crippen LogP contribution in [0.1, 0.15) is 71.8 Å². The fourth-order valence-corrected chi connectivity index (χ4v) is 6.24. The quantitative estimate of drug-likeness (QED) is 0.240. The molecule has 0 saturated carbocycles. The Morgan fingerprint density at radius 2 is 1.76 bits per heavy atom. The predicted molar refractivity (Wildman–Crippen MR) is 166 cm³/mol. The molecule has 0 aliphatic carbocycles. The van der Waals surface area contributed by atoms with Gasteiger partial charge in [0.25, 0.3) is 0 Å². The average molecular weight is 609 g/mol. The lowest BCUT2D eigenvalue weighted by Crippen LogP contribution is -2.53.